The zero-order valence-corrected chi connectivity index (χ0v) is 12.0. The van der Waals surface area contributed by atoms with Crippen molar-refractivity contribution in [2.24, 2.45) is 0 Å². The van der Waals surface area contributed by atoms with Gasteiger partial charge in [0.15, 0.2) is 0 Å². The second-order valence-electron chi connectivity index (χ2n) is 5.33. The summed E-state index contributed by atoms with van der Waals surface area (Å²) in [5.41, 5.74) is 1.38. The third kappa shape index (κ3) is 5.31. The van der Waals surface area contributed by atoms with Gasteiger partial charge in [0.25, 0.3) is 0 Å². The molecule has 106 valence electrons. The molecule has 0 unspecified atom stereocenters. The van der Waals surface area contributed by atoms with Gasteiger partial charge < -0.3 is 15.0 Å². The van der Waals surface area contributed by atoms with Gasteiger partial charge in [-0.15, -0.1) is 0 Å². The minimum Gasteiger partial charge on any atom is -0.385 e. The standard InChI is InChI=1S/C16H26N2O/c1-19-13-5-10-18-11-8-16(9-12-18)17-14-15-6-3-2-4-7-15/h2-4,6-7,16-17H,5,8-14H2,1H3. The fraction of sp³-hybridized carbons (Fsp3) is 0.625. The van der Waals surface area contributed by atoms with E-state index >= 15 is 0 Å². The predicted octanol–water partition coefficient (Wildman–Crippen LogP) is 2.28. The molecular formula is C16H26N2O. The van der Waals surface area contributed by atoms with E-state index in [-0.39, 0.29) is 0 Å². The van der Waals surface area contributed by atoms with Crippen molar-refractivity contribution in [2.45, 2.75) is 31.8 Å². The summed E-state index contributed by atoms with van der Waals surface area (Å²) in [5, 5.41) is 3.67. The molecule has 1 N–H and O–H groups in total. The Balaban J connectivity index is 1.61. The van der Waals surface area contributed by atoms with Crippen molar-refractivity contribution in [2.75, 3.05) is 33.4 Å². The van der Waals surface area contributed by atoms with E-state index in [1.165, 1.54) is 38.0 Å². The number of piperidine rings is 1. The van der Waals surface area contributed by atoms with Crippen LogP contribution in [0.4, 0.5) is 0 Å². The molecule has 0 atom stereocenters. The zero-order chi connectivity index (χ0) is 13.3. The van der Waals surface area contributed by atoms with Crippen LogP contribution >= 0.6 is 0 Å². The minimum atomic E-state index is 0.680. The van der Waals surface area contributed by atoms with Crippen molar-refractivity contribution in [3.05, 3.63) is 35.9 Å². The topological polar surface area (TPSA) is 24.5 Å². The first-order valence-corrected chi connectivity index (χ1v) is 7.37. The second-order valence-corrected chi connectivity index (χ2v) is 5.33. The van der Waals surface area contributed by atoms with Crippen molar-refractivity contribution >= 4 is 0 Å². The Hall–Kier alpha value is -0.900. The van der Waals surface area contributed by atoms with E-state index in [4.69, 9.17) is 4.74 Å². The monoisotopic (exact) mass is 262 g/mol. The summed E-state index contributed by atoms with van der Waals surface area (Å²) in [6.45, 7) is 5.49. The van der Waals surface area contributed by atoms with Crippen molar-refractivity contribution in [3.63, 3.8) is 0 Å². The van der Waals surface area contributed by atoms with Gasteiger partial charge in [0.05, 0.1) is 0 Å². The van der Waals surface area contributed by atoms with Crippen molar-refractivity contribution < 1.29 is 4.74 Å². The highest BCUT2D eigenvalue weighted by atomic mass is 16.5. The molecule has 1 aliphatic heterocycles. The van der Waals surface area contributed by atoms with E-state index in [1.807, 2.05) is 0 Å². The van der Waals surface area contributed by atoms with Crippen LogP contribution in [-0.2, 0) is 11.3 Å². The van der Waals surface area contributed by atoms with Crippen molar-refractivity contribution in [3.8, 4) is 0 Å². The molecule has 0 aromatic heterocycles. The third-order valence-corrected chi connectivity index (χ3v) is 3.85. The van der Waals surface area contributed by atoms with Gasteiger partial charge in [-0.25, -0.2) is 0 Å². The number of benzene rings is 1. The maximum absolute atomic E-state index is 5.10. The maximum Gasteiger partial charge on any atom is 0.0474 e. The second kappa shape index (κ2) is 8.31. The molecule has 1 aromatic carbocycles. The van der Waals surface area contributed by atoms with Gasteiger partial charge >= 0.3 is 0 Å². The number of likely N-dealkylation sites (tertiary alicyclic amines) is 1. The highest BCUT2D eigenvalue weighted by molar-refractivity contribution is 5.14. The van der Waals surface area contributed by atoms with Crippen LogP contribution in [0, 0.1) is 0 Å². The largest absolute Gasteiger partial charge is 0.385 e. The summed E-state index contributed by atoms with van der Waals surface area (Å²) in [4.78, 5) is 2.56. The summed E-state index contributed by atoms with van der Waals surface area (Å²) in [6.07, 6.45) is 3.68. The van der Waals surface area contributed by atoms with Gasteiger partial charge in [-0.2, -0.15) is 0 Å². The molecule has 3 heteroatoms. The molecule has 0 amide bonds. The van der Waals surface area contributed by atoms with Crippen LogP contribution in [0.25, 0.3) is 0 Å². The Morgan fingerprint density at radius 1 is 1.21 bits per heavy atom. The lowest BCUT2D eigenvalue weighted by molar-refractivity contribution is 0.152. The number of nitrogens with one attached hydrogen (secondary N) is 1. The fourth-order valence-electron chi connectivity index (χ4n) is 2.65. The first-order valence-electron chi connectivity index (χ1n) is 7.37. The smallest absolute Gasteiger partial charge is 0.0474 e. The van der Waals surface area contributed by atoms with Gasteiger partial charge in [-0.1, -0.05) is 30.3 Å². The molecule has 2 rings (SSSR count). The van der Waals surface area contributed by atoms with Crippen LogP contribution in [0.15, 0.2) is 30.3 Å². The van der Waals surface area contributed by atoms with E-state index in [1.54, 1.807) is 7.11 Å². The van der Waals surface area contributed by atoms with Crippen LogP contribution in [0.3, 0.4) is 0 Å². The lowest BCUT2D eigenvalue weighted by Crippen LogP contribution is -2.42. The number of methoxy groups -OCH3 is 1. The van der Waals surface area contributed by atoms with Crippen LogP contribution < -0.4 is 5.32 Å². The average molecular weight is 262 g/mol. The number of nitrogens with zero attached hydrogens (tertiary/aromatic N) is 1. The predicted molar refractivity (Wildman–Crippen MR) is 79.2 cm³/mol. The number of hydrogen-bond acceptors (Lipinski definition) is 3. The molecule has 1 saturated heterocycles. The molecule has 1 aliphatic rings. The highest BCUT2D eigenvalue weighted by Crippen LogP contribution is 2.11. The molecule has 0 saturated carbocycles. The summed E-state index contributed by atoms with van der Waals surface area (Å²) in [5.74, 6) is 0. The van der Waals surface area contributed by atoms with E-state index < -0.39 is 0 Å². The zero-order valence-electron chi connectivity index (χ0n) is 12.0. The molecule has 19 heavy (non-hydrogen) atoms. The quantitative estimate of drug-likeness (QED) is 0.763. The molecule has 1 heterocycles. The Morgan fingerprint density at radius 3 is 2.63 bits per heavy atom. The molecule has 0 radical (unpaired) electrons. The first kappa shape index (κ1) is 14.5. The average Bonchev–Trinajstić information content (AvgIpc) is 2.48. The Kier molecular flexibility index (Phi) is 6.34. The summed E-state index contributed by atoms with van der Waals surface area (Å²) in [6, 6.07) is 11.3. The number of hydrogen-bond donors (Lipinski definition) is 1. The van der Waals surface area contributed by atoms with Gasteiger partial charge in [-0.05, 0) is 37.9 Å². The molecule has 0 aliphatic carbocycles. The van der Waals surface area contributed by atoms with Crippen LogP contribution in [0.5, 0.6) is 0 Å². The lowest BCUT2D eigenvalue weighted by atomic mass is 10.0. The van der Waals surface area contributed by atoms with E-state index in [9.17, 15) is 0 Å². The fourth-order valence-corrected chi connectivity index (χ4v) is 2.65. The Morgan fingerprint density at radius 2 is 1.95 bits per heavy atom. The van der Waals surface area contributed by atoms with Gasteiger partial charge in [0.1, 0.15) is 0 Å². The van der Waals surface area contributed by atoms with Gasteiger partial charge in [0.2, 0.25) is 0 Å². The molecule has 3 nitrogen and oxygen atoms in total. The summed E-state index contributed by atoms with van der Waals surface area (Å²) < 4.78 is 5.10. The van der Waals surface area contributed by atoms with Gasteiger partial charge in [0, 0.05) is 32.8 Å². The van der Waals surface area contributed by atoms with E-state index in [0.29, 0.717) is 6.04 Å². The van der Waals surface area contributed by atoms with E-state index in [0.717, 1.165) is 19.6 Å². The molecular weight excluding hydrogens is 236 g/mol. The lowest BCUT2D eigenvalue weighted by Gasteiger charge is -2.32. The number of rotatable bonds is 7. The molecule has 0 spiro atoms. The van der Waals surface area contributed by atoms with Crippen LogP contribution in [-0.4, -0.2) is 44.3 Å². The normalized spacial score (nSPS) is 17.7. The summed E-state index contributed by atoms with van der Waals surface area (Å²) in [7, 11) is 1.78. The SMILES string of the molecule is COCCCN1CCC(NCc2ccccc2)CC1. The first-order chi connectivity index (χ1) is 9.38. The van der Waals surface area contributed by atoms with E-state index in [2.05, 4.69) is 40.5 Å². The highest BCUT2D eigenvalue weighted by Gasteiger charge is 2.17. The van der Waals surface area contributed by atoms with Crippen LogP contribution in [0.1, 0.15) is 24.8 Å². The third-order valence-electron chi connectivity index (χ3n) is 3.85. The molecule has 1 fully saturated rings. The van der Waals surface area contributed by atoms with Crippen molar-refractivity contribution in [1.29, 1.82) is 0 Å². The minimum absolute atomic E-state index is 0.680. The van der Waals surface area contributed by atoms with Crippen LogP contribution in [0.2, 0.25) is 0 Å². The van der Waals surface area contributed by atoms with Crippen molar-refractivity contribution in [1.82, 2.24) is 10.2 Å². The van der Waals surface area contributed by atoms with Gasteiger partial charge in [-0.3, -0.25) is 0 Å². The number of ether oxygens (including phenoxy) is 1. The Bertz CT molecular complexity index is 334. The molecule has 0 bridgehead atoms. The molecule has 1 aromatic rings. The maximum atomic E-state index is 5.10. The Labute approximate surface area is 116 Å². The summed E-state index contributed by atoms with van der Waals surface area (Å²) >= 11 is 0.